The maximum absolute atomic E-state index is 8.72. The van der Waals surface area contributed by atoms with Crippen molar-refractivity contribution in [2.45, 2.75) is 6.42 Å². The van der Waals surface area contributed by atoms with E-state index in [4.69, 9.17) is 10.8 Å². The van der Waals surface area contributed by atoms with Gasteiger partial charge < -0.3 is 10.8 Å². The van der Waals surface area contributed by atoms with E-state index in [2.05, 4.69) is 15.2 Å². The van der Waals surface area contributed by atoms with Gasteiger partial charge in [-0.25, -0.2) is 4.98 Å². The van der Waals surface area contributed by atoms with Gasteiger partial charge in [-0.05, 0) is 12.1 Å². The Morgan fingerprint density at radius 1 is 1.46 bits per heavy atom. The SMILES string of the molecule is Nc1n[nH]c2ccc(CCO)nc12. The molecule has 0 radical (unpaired) electrons. The van der Waals surface area contributed by atoms with Crippen LogP contribution >= 0.6 is 0 Å². The van der Waals surface area contributed by atoms with E-state index in [1.807, 2.05) is 12.1 Å². The monoisotopic (exact) mass is 178 g/mol. The van der Waals surface area contributed by atoms with Crippen molar-refractivity contribution < 1.29 is 5.11 Å². The second kappa shape index (κ2) is 3.02. The first-order valence-electron chi connectivity index (χ1n) is 4.01. The van der Waals surface area contributed by atoms with Crippen molar-refractivity contribution in [3.8, 4) is 0 Å². The molecule has 0 saturated carbocycles. The molecule has 0 amide bonds. The number of pyridine rings is 1. The average Bonchev–Trinajstić information content (AvgIpc) is 2.49. The van der Waals surface area contributed by atoms with Crippen LogP contribution in [-0.2, 0) is 6.42 Å². The summed E-state index contributed by atoms with van der Waals surface area (Å²) in [5.41, 5.74) is 7.89. The Balaban J connectivity index is 2.53. The second-order valence-electron chi connectivity index (χ2n) is 2.78. The zero-order valence-electron chi connectivity index (χ0n) is 6.99. The lowest BCUT2D eigenvalue weighted by atomic mass is 10.2. The molecule has 0 aliphatic carbocycles. The van der Waals surface area contributed by atoms with Crippen molar-refractivity contribution in [2.75, 3.05) is 12.3 Å². The van der Waals surface area contributed by atoms with Crippen LogP contribution in [0.5, 0.6) is 0 Å². The van der Waals surface area contributed by atoms with E-state index >= 15 is 0 Å². The summed E-state index contributed by atoms with van der Waals surface area (Å²) in [6, 6.07) is 3.70. The molecule has 0 atom stereocenters. The summed E-state index contributed by atoms with van der Waals surface area (Å²) in [5, 5.41) is 15.3. The Labute approximate surface area is 74.6 Å². The largest absolute Gasteiger partial charge is 0.396 e. The Morgan fingerprint density at radius 3 is 3.08 bits per heavy atom. The molecule has 0 saturated heterocycles. The van der Waals surface area contributed by atoms with E-state index in [9.17, 15) is 0 Å². The summed E-state index contributed by atoms with van der Waals surface area (Å²) < 4.78 is 0. The minimum absolute atomic E-state index is 0.0935. The molecule has 0 aromatic carbocycles. The number of aromatic amines is 1. The van der Waals surface area contributed by atoms with E-state index < -0.39 is 0 Å². The molecule has 4 N–H and O–H groups in total. The number of fused-ring (bicyclic) bond motifs is 1. The number of hydrogen-bond donors (Lipinski definition) is 3. The van der Waals surface area contributed by atoms with Crippen molar-refractivity contribution >= 4 is 16.9 Å². The fourth-order valence-corrected chi connectivity index (χ4v) is 1.21. The van der Waals surface area contributed by atoms with Crippen molar-refractivity contribution in [2.24, 2.45) is 0 Å². The molecule has 0 unspecified atom stereocenters. The van der Waals surface area contributed by atoms with Gasteiger partial charge in [0.15, 0.2) is 5.82 Å². The van der Waals surface area contributed by atoms with Crippen molar-refractivity contribution in [3.63, 3.8) is 0 Å². The average molecular weight is 178 g/mol. The summed E-state index contributed by atoms with van der Waals surface area (Å²) in [6.45, 7) is 0.0935. The number of anilines is 1. The number of nitrogens with one attached hydrogen (secondary N) is 1. The van der Waals surface area contributed by atoms with Crippen molar-refractivity contribution in [3.05, 3.63) is 17.8 Å². The van der Waals surface area contributed by atoms with Gasteiger partial charge in [-0.3, -0.25) is 5.10 Å². The summed E-state index contributed by atoms with van der Waals surface area (Å²) in [4.78, 5) is 4.25. The quantitative estimate of drug-likeness (QED) is 0.607. The van der Waals surface area contributed by atoms with Crippen LogP contribution in [0.2, 0.25) is 0 Å². The molecule has 5 nitrogen and oxygen atoms in total. The van der Waals surface area contributed by atoms with Gasteiger partial charge in [-0.1, -0.05) is 0 Å². The summed E-state index contributed by atoms with van der Waals surface area (Å²) in [6.07, 6.45) is 0.542. The standard InChI is InChI=1S/C8H10N4O/c9-8-7-6(11-12-8)2-1-5(10-7)3-4-13/h1-2,13H,3-4H2,(H3,9,11,12). The van der Waals surface area contributed by atoms with Gasteiger partial charge >= 0.3 is 0 Å². The minimum Gasteiger partial charge on any atom is -0.396 e. The summed E-state index contributed by atoms with van der Waals surface area (Å²) in [5.74, 6) is 0.398. The number of aliphatic hydroxyl groups is 1. The lowest BCUT2D eigenvalue weighted by molar-refractivity contribution is 0.298. The van der Waals surface area contributed by atoms with Crippen LogP contribution < -0.4 is 5.73 Å². The lowest BCUT2D eigenvalue weighted by Gasteiger charge is -1.96. The first kappa shape index (κ1) is 8.00. The van der Waals surface area contributed by atoms with Crippen molar-refractivity contribution in [1.29, 1.82) is 0 Å². The Hall–Kier alpha value is -1.62. The Morgan fingerprint density at radius 2 is 2.31 bits per heavy atom. The highest BCUT2D eigenvalue weighted by Gasteiger charge is 2.03. The predicted molar refractivity (Wildman–Crippen MR) is 49.1 cm³/mol. The molecule has 2 aromatic rings. The molecule has 2 aromatic heterocycles. The fraction of sp³-hybridized carbons (Fsp3) is 0.250. The van der Waals surface area contributed by atoms with Crippen LogP contribution in [0.25, 0.3) is 11.0 Å². The summed E-state index contributed by atoms with van der Waals surface area (Å²) >= 11 is 0. The molecule has 13 heavy (non-hydrogen) atoms. The zero-order chi connectivity index (χ0) is 9.26. The maximum atomic E-state index is 8.72. The molecular formula is C8H10N4O. The van der Waals surface area contributed by atoms with Gasteiger partial charge in [0.25, 0.3) is 0 Å². The van der Waals surface area contributed by atoms with Crippen LogP contribution in [0.15, 0.2) is 12.1 Å². The topological polar surface area (TPSA) is 87.8 Å². The van der Waals surface area contributed by atoms with Gasteiger partial charge in [0.1, 0.15) is 5.52 Å². The van der Waals surface area contributed by atoms with Gasteiger partial charge in [0.05, 0.1) is 5.52 Å². The molecule has 0 fully saturated rings. The molecule has 0 bridgehead atoms. The van der Waals surface area contributed by atoms with Crippen molar-refractivity contribution in [1.82, 2.24) is 15.2 Å². The van der Waals surface area contributed by atoms with Crippen LogP contribution in [0.1, 0.15) is 5.69 Å². The van der Waals surface area contributed by atoms with E-state index in [1.54, 1.807) is 0 Å². The number of aliphatic hydroxyl groups excluding tert-OH is 1. The third-order valence-electron chi connectivity index (χ3n) is 1.86. The number of H-pyrrole nitrogens is 1. The zero-order valence-corrected chi connectivity index (χ0v) is 6.99. The number of rotatable bonds is 2. The number of aromatic nitrogens is 3. The van der Waals surface area contributed by atoms with E-state index in [1.165, 1.54) is 0 Å². The number of nitrogen functional groups attached to an aromatic ring is 1. The van der Waals surface area contributed by atoms with E-state index in [0.29, 0.717) is 17.8 Å². The van der Waals surface area contributed by atoms with Gasteiger partial charge in [-0.2, -0.15) is 5.10 Å². The third kappa shape index (κ3) is 1.33. The molecule has 2 rings (SSSR count). The highest BCUT2D eigenvalue weighted by atomic mass is 16.3. The van der Waals surface area contributed by atoms with Gasteiger partial charge in [0, 0.05) is 18.7 Å². The highest BCUT2D eigenvalue weighted by molar-refractivity contribution is 5.84. The van der Waals surface area contributed by atoms with E-state index in [-0.39, 0.29) is 6.61 Å². The smallest absolute Gasteiger partial charge is 0.171 e. The fourth-order valence-electron chi connectivity index (χ4n) is 1.21. The third-order valence-corrected chi connectivity index (χ3v) is 1.86. The molecule has 68 valence electrons. The van der Waals surface area contributed by atoms with Crippen LogP contribution in [0.4, 0.5) is 5.82 Å². The molecule has 0 aliphatic heterocycles. The minimum atomic E-state index is 0.0935. The normalized spacial score (nSPS) is 10.8. The number of nitrogens with two attached hydrogens (primary N) is 1. The molecule has 2 heterocycles. The molecule has 5 heteroatoms. The summed E-state index contributed by atoms with van der Waals surface area (Å²) in [7, 11) is 0. The first-order valence-corrected chi connectivity index (χ1v) is 4.01. The molecular weight excluding hydrogens is 168 g/mol. The van der Waals surface area contributed by atoms with Gasteiger partial charge in [0.2, 0.25) is 0 Å². The predicted octanol–water partition coefficient (Wildman–Crippen LogP) is 0.0749. The number of hydrogen-bond acceptors (Lipinski definition) is 4. The molecule has 0 spiro atoms. The second-order valence-corrected chi connectivity index (χ2v) is 2.78. The Kier molecular flexibility index (Phi) is 1.86. The van der Waals surface area contributed by atoms with Crippen LogP contribution in [0.3, 0.4) is 0 Å². The number of nitrogens with zero attached hydrogens (tertiary/aromatic N) is 2. The molecule has 0 aliphatic rings. The van der Waals surface area contributed by atoms with E-state index in [0.717, 1.165) is 11.2 Å². The van der Waals surface area contributed by atoms with Crippen LogP contribution in [-0.4, -0.2) is 26.9 Å². The van der Waals surface area contributed by atoms with Gasteiger partial charge in [-0.15, -0.1) is 0 Å². The first-order chi connectivity index (χ1) is 6.31. The van der Waals surface area contributed by atoms with Crippen LogP contribution in [0, 0.1) is 0 Å². The lowest BCUT2D eigenvalue weighted by Crippen LogP contribution is -1.95. The Bertz CT molecular complexity index is 423. The maximum Gasteiger partial charge on any atom is 0.171 e. The highest BCUT2D eigenvalue weighted by Crippen LogP contribution is 2.15.